The summed E-state index contributed by atoms with van der Waals surface area (Å²) in [5.41, 5.74) is 7.78. The summed E-state index contributed by atoms with van der Waals surface area (Å²) in [4.78, 5) is 11.8. The molecule has 2 rings (SSSR count). The summed E-state index contributed by atoms with van der Waals surface area (Å²) >= 11 is 0. The maximum absolute atomic E-state index is 11.8. The van der Waals surface area contributed by atoms with Gasteiger partial charge in [0.05, 0.1) is 17.9 Å². The molecule has 5 nitrogen and oxygen atoms in total. The van der Waals surface area contributed by atoms with Gasteiger partial charge in [-0.3, -0.25) is 4.79 Å². The predicted molar refractivity (Wildman–Crippen MR) is 82.9 cm³/mol. The molecule has 21 heavy (non-hydrogen) atoms. The van der Waals surface area contributed by atoms with E-state index < -0.39 is 6.04 Å². The minimum absolute atomic E-state index is 0.101. The van der Waals surface area contributed by atoms with Crippen molar-refractivity contribution < 1.29 is 4.79 Å². The van der Waals surface area contributed by atoms with Crippen molar-refractivity contribution in [3.05, 3.63) is 48.3 Å². The highest BCUT2D eigenvalue weighted by molar-refractivity contribution is 5.81. The zero-order valence-electron chi connectivity index (χ0n) is 12.3. The standard InChI is InChI=1S/C16H22N4O/c1-2-3-9-15(17)16(21)18-10-13-11-19-20(12-13)14-7-5-4-6-8-14/h4-8,11-12,15H,2-3,9-10,17H2,1H3,(H,18,21). The van der Waals surface area contributed by atoms with Gasteiger partial charge in [0.25, 0.3) is 0 Å². The zero-order valence-corrected chi connectivity index (χ0v) is 12.3. The molecule has 0 aliphatic carbocycles. The minimum Gasteiger partial charge on any atom is -0.351 e. The summed E-state index contributed by atoms with van der Waals surface area (Å²) in [5.74, 6) is -0.101. The van der Waals surface area contributed by atoms with Crippen LogP contribution in [-0.4, -0.2) is 21.7 Å². The third kappa shape index (κ3) is 4.43. The number of hydrogen-bond donors (Lipinski definition) is 2. The van der Waals surface area contributed by atoms with E-state index in [1.54, 1.807) is 10.9 Å². The SMILES string of the molecule is CCCCC(N)C(=O)NCc1cnn(-c2ccccc2)c1. The fourth-order valence-electron chi connectivity index (χ4n) is 2.05. The van der Waals surface area contributed by atoms with Gasteiger partial charge < -0.3 is 11.1 Å². The zero-order chi connectivity index (χ0) is 15.1. The minimum atomic E-state index is -0.422. The number of nitrogens with zero attached hydrogens (tertiary/aromatic N) is 2. The third-order valence-corrected chi connectivity index (χ3v) is 3.33. The van der Waals surface area contributed by atoms with Crippen molar-refractivity contribution in [3.8, 4) is 5.69 Å². The number of para-hydroxylation sites is 1. The van der Waals surface area contributed by atoms with Gasteiger partial charge >= 0.3 is 0 Å². The number of amides is 1. The van der Waals surface area contributed by atoms with Gasteiger partial charge in [-0.2, -0.15) is 5.10 Å². The average molecular weight is 286 g/mol. The second kappa shape index (κ2) is 7.59. The summed E-state index contributed by atoms with van der Waals surface area (Å²) in [6, 6.07) is 9.43. The van der Waals surface area contributed by atoms with E-state index in [1.807, 2.05) is 36.5 Å². The number of carbonyl (C=O) groups is 1. The monoisotopic (exact) mass is 286 g/mol. The number of nitrogens with two attached hydrogens (primary N) is 1. The highest BCUT2D eigenvalue weighted by Crippen LogP contribution is 2.07. The molecule has 1 heterocycles. The van der Waals surface area contributed by atoms with E-state index in [-0.39, 0.29) is 5.91 Å². The first kappa shape index (κ1) is 15.3. The number of aromatic nitrogens is 2. The first-order chi connectivity index (χ1) is 10.2. The van der Waals surface area contributed by atoms with Gasteiger partial charge in [-0.15, -0.1) is 0 Å². The first-order valence-corrected chi connectivity index (χ1v) is 7.33. The summed E-state index contributed by atoms with van der Waals surface area (Å²) in [7, 11) is 0. The Hall–Kier alpha value is -2.14. The number of nitrogens with one attached hydrogen (secondary N) is 1. The van der Waals surface area contributed by atoms with E-state index in [0.29, 0.717) is 6.54 Å². The molecule has 0 bridgehead atoms. The second-order valence-electron chi connectivity index (χ2n) is 5.10. The van der Waals surface area contributed by atoms with Crippen LogP contribution >= 0.6 is 0 Å². The van der Waals surface area contributed by atoms with Gasteiger partial charge in [-0.25, -0.2) is 4.68 Å². The molecule has 0 fully saturated rings. The van der Waals surface area contributed by atoms with Gasteiger partial charge in [-0.1, -0.05) is 38.0 Å². The van der Waals surface area contributed by atoms with Crippen LogP contribution in [0.4, 0.5) is 0 Å². The molecule has 0 aliphatic heterocycles. The van der Waals surface area contributed by atoms with Crippen molar-refractivity contribution in [3.63, 3.8) is 0 Å². The number of benzene rings is 1. The Morgan fingerprint density at radius 1 is 1.38 bits per heavy atom. The quantitative estimate of drug-likeness (QED) is 0.817. The fraction of sp³-hybridized carbons (Fsp3) is 0.375. The van der Waals surface area contributed by atoms with Crippen molar-refractivity contribution in [2.24, 2.45) is 5.73 Å². The lowest BCUT2D eigenvalue weighted by Gasteiger charge is -2.10. The van der Waals surface area contributed by atoms with Crippen molar-refractivity contribution in [2.45, 2.75) is 38.8 Å². The van der Waals surface area contributed by atoms with Crippen LogP contribution in [0.25, 0.3) is 5.69 Å². The molecule has 1 aromatic heterocycles. The molecule has 3 N–H and O–H groups in total. The molecule has 2 aromatic rings. The molecular formula is C16H22N4O. The molecule has 1 atom stereocenters. The van der Waals surface area contributed by atoms with Gasteiger partial charge in [-0.05, 0) is 18.6 Å². The lowest BCUT2D eigenvalue weighted by Crippen LogP contribution is -2.40. The molecule has 5 heteroatoms. The van der Waals surface area contributed by atoms with Gasteiger partial charge in [0.15, 0.2) is 0 Å². The van der Waals surface area contributed by atoms with Crippen LogP contribution in [-0.2, 0) is 11.3 Å². The summed E-state index contributed by atoms with van der Waals surface area (Å²) in [6.07, 6.45) is 6.41. The van der Waals surface area contributed by atoms with Crippen molar-refractivity contribution in [2.75, 3.05) is 0 Å². The van der Waals surface area contributed by atoms with E-state index in [0.717, 1.165) is 30.5 Å². The van der Waals surface area contributed by atoms with E-state index in [9.17, 15) is 4.79 Å². The van der Waals surface area contributed by atoms with Crippen LogP contribution in [0.15, 0.2) is 42.7 Å². The maximum atomic E-state index is 11.8. The van der Waals surface area contributed by atoms with Crippen LogP contribution in [0.1, 0.15) is 31.7 Å². The molecule has 1 aromatic carbocycles. The number of hydrogen-bond acceptors (Lipinski definition) is 3. The lowest BCUT2D eigenvalue weighted by molar-refractivity contribution is -0.122. The summed E-state index contributed by atoms with van der Waals surface area (Å²) in [5, 5.41) is 7.15. The smallest absolute Gasteiger partial charge is 0.237 e. The molecule has 0 saturated carbocycles. The lowest BCUT2D eigenvalue weighted by atomic mass is 10.1. The highest BCUT2D eigenvalue weighted by Gasteiger charge is 2.12. The number of rotatable bonds is 7. The number of carbonyl (C=O) groups excluding carboxylic acids is 1. The third-order valence-electron chi connectivity index (χ3n) is 3.33. The van der Waals surface area contributed by atoms with Crippen molar-refractivity contribution in [1.82, 2.24) is 15.1 Å². The predicted octanol–water partition coefficient (Wildman–Crippen LogP) is 2.01. The van der Waals surface area contributed by atoms with E-state index >= 15 is 0 Å². The summed E-state index contributed by atoms with van der Waals surface area (Å²) in [6.45, 7) is 2.54. The van der Waals surface area contributed by atoms with Crippen molar-refractivity contribution >= 4 is 5.91 Å². The normalized spacial score (nSPS) is 12.1. The Kier molecular flexibility index (Phi) is 5.51. The number of unbranched alkanes of at least 4 members (excludes halogenated alkanes) is 1. The van der Waals surface area contributed by atoms with Gasteiger partial charge in [0.1, 0.15) is 0 Å². The summed E-state index contributed by atoms with van der Waals surface area (Å²) < 4.78 is 1.79. The van der Waals surface area contributed by atoms with Gasteiger partial charge in [0.2, 0.25) is 5.91 Å². The Balaban J connectivity index is 1.87. The van der Waals surface area contributed by atoms with E-state index in [2.05, 4.69) is 17.3 Å². The Labute approximate surface area is 125 Å². The molecule has 112 valence electrons. The molecule has 0 aliphatic rings. The average Bonchev–Trinajstić information content (AvgIpc) is 3.00. The van der Waals surface area contributed by atoms with E-state index in [4.69, 9.17) is 5.73 Å². The van der Waals surface area contributed by atoms with Crippen LogP contribution in [0.2, 0.25) is 0 Å². The molecule has 1 unspecified atom stereocenters. The molecule has 0 spiro atoms. The largest absolute Gasteiger partial charge is 0.351 e. The van der Waals surface area contributed by atoms with E-state index in [1.165, 1.54) is 0 Å². The van der Waals surface area contributed by atoms with Crippen LogP contribution in [0.3, 0.4) is 0 Å². The van der Waals surface area contributed by atoms with Crippen LogP contribution < -0.4 is 11.1 Å². The maximum Gasteiger partial charge on any atom is 0.237 e. The Morgan fingerprint density at radius 3 is 2.86 bits per heavy atom. The van der Waals surface area contributed by atoms with Crippen LogP contribution in [0.5, 0.6) is 0 Å². The second-order valence-corrected chi connectivity index (χ2v) is 5.10. The topological polar surface area (TPSA) is 72.9 Å². The molecular weight excluding hydrogens is 264 g/mol. The molecule has 0 radical (unpaired) electrons. The Bertz CT molecular complexity index is 565. The van der Waals surface area contributed by atoms with Gasteiger partial charge in [0, 0.05) is 18.3 Å². The first-order valence-electron chi connectivity index (χ1n) is 7.33. The highest BCUT2D eigenvalue weighted by atomic mass is 16.2. The van der Waals surface area contributed by atoms with Crippen LogP contribution in [0, 0.1) is 0 Å². The van der Waals surface area contributed by atoms with Crippen molar-refractivity contribution in [1.29, 1.82) is 0 Å². The fourth-order valence-corrected chi connectivity index (χ4v) is 2.05. The molecule has 1 amide bonds. The Morgan fingerprint density at radius 2 is 2.14 bits per heavy atom. The molecule has 0 saturated heterocycles.